The number of thioether (sulfide) groups is 2. The molecule has 2 aliphatic heterocycles. The summed E-state index contributed by atoms with van der Waals surface area (Å²) in [4.78, 5) is 25.6. The van der Waals surface area contributed by atoms with Crippen LogP contribution in [0.4, 0.5) is 0 Å². The molecule has 4 nitrogen and oxygen atoms in total. The highest BCUT2D eigenvalue weighted by atomic mass is 32.2. The van der Waals surface area contributed by atoms with Crippen molar-refractivity contribution < 1.29 is 14.7 Å². The molecule has 2 unspecified atom stereocenters. The van der Waals surface area contributed by atoms with Crippen LogP contribution >= 0.6 is 23.5 Å². The predicted molar refractivity (Wildman–Crippen MR) is 84.1 cm³/mol. The minimum absolute atomic E-state index is 0.0535. The Morgan fingerprint density at radius 1 is 1.30 bits per heavy atom. The van der Waals surface area contributed by atoms with Gasteiger partial charge in [-0.15, -0.1) is 11.8 Å². The Hall–Kier alpha value is -0.360. The Bertz CT molecular complexity index is 358. The van der Waals surface area contributed by atoms with E-state index in [0.29, 0.717) is 18.1 Å². The van der Waals surface area contributed by atoms with Crippen LogP contribution in [-0.4, -0.2) is 50.6 Å². The van der Waals surface area contributed by atoms with Gasteiger partial charge in [-0.1, -0.05) is 13.3 Å². The van der Waals surface area contributed by atoms with Crippen molar-refractivity contribution in [2.24, 2.45) is 5.92 Å². The first-order valence-electron chi connectivity index (χ1n) is 7.36. The summed E-state index contributed by atoms with van der Waals surface area (Å²) >= 11 is 3.57. The van der Waals surface area contributed by atoms with Crippen LogP contribution in [0.5, 0.6) is 0 Å². The van der Waals surface area contributed by atoms with Gasteiger partial charge in [0.05, 0.1) is 5.37 Å². The van der Waals surface area contributed by atoms with E-state index in [9.17, 15) is 14.7 Å². The van der Waals surface area contributed by atoms with Crippen molar-refractivity contribution in [3.8, 4) is 0 Å². The smallest absolute Gasteiger partial charge is 0.327 e. The lowest BCUT2D eigenvalue weighted by Crippen LogP contribution is -2.46. The molecule has 0 aromatic carbocycles. The molecule has 114 valence electrons. The number of rotatable bonds is 5. The molecule has 20 heavy (non-hydrogen) atoms. The van der Waals surface area contributed by atoms with Gasteiger partial charge in [0.2, 0.25) is 5.91 Å². The molecule has 0 spiro atoms. The van der Waals surface area contributed by atoms with Crippen LogP contribution in [0.2, 0.25) is 0 Å². The lowest BCUT2D eigenvalue weighted by molar-refractivity contribution is -0.149. The maximum Gasteiger partial charge on any atom is 0.327 e. The lowest BCUT2D eigenvalue weighted by atomic mass is 9.97. The van der Waals surface area contributed by atoms with E-state index in [1.807, 2.05) is 11.8 Å². The Morgan fingerprint density at radius 3 is 2.60 bits per heavy atom. The summed E-state index contributed by atoms with van der Waals surface area (Å²) in [7, 11) is 0. The lowest BCUT2D eigenvalue weighted by Gasteiger charge is -2.30. The van der Waals surface area contributed by atoms with Crippen molar-refractivity contribution in [3.05, 3.63) is 0 Å². The zero-order chi connectivity index (χ0) is 14.5. The first-order valence-corrected chi connectivity index (χ1v) is 9.57. The van der Waals surface area contributed by atoms with Crippen molar-refractivity contribution in [2.75, 3.05) is 17.3 Å². The van der Waals surface area contributed by atoms with Crippen molar-refractivity contribution in [3.63, 3.8) is 0 Å². The molecule has 2 rings (SSSR count). The molecule has 0 aromatic heterocycles. The van der Waals surface area contributed by atoms with Crippen LogP contribution in [0.3, 0.4) is 0 Å². The van der Waals surface area contributed by atoms with Gasteiger partial charge in [0.25, 0.3) is 0 Å². The number of hydrogen-bond donors (Lipinski definition) is 1. The van der Waals surface area contributed by atoms with Gasteiger partial charge in [-0.05, 0) is 36.7 Å². The van der Waals surface area contributed by atoms with E-state index < -0.39 is 12.0 Å². The number of carbonyl (C=O) groups excluding carboxylic acids is 1. The van der Waals surface area contributed by atoms with Crippen LogP contribution in [-0.2, 0) is 9.59 Å². The molecule has 0 aromatic rings. The van der Waals surface area contributed by atoms with Crippen molar-refractivity contribution >= 4 is 35.4 Å². The monoisotopic (exact) mass is 317 g/mol. The summed E-state index contributed by atoms with van der Waals surface area (Å²) in [5.74, 6) is 2.44. The third kappa shape index (κ3) is 3.85. The third-order valence-electron chi connectivity index (χ3n) is 4.01. The number of carboxylic acid groups (broad SMARTS) is 1. The minimum Gasteiger partial charge on any atom is -0.480 e. The second-order valence-corrected chi connectivity index (χ2v) is 7.93. The number of carboxylic acids is 1. The van der Waals surface area contributed by atoms with Gasteiger partial charge in [0.1, 0.15) is 6.04 Å². The van der Waals surface area contributed by atoms with Gasteiger partial charge < -0.3 is 10.0 Å². The van der Waals surface area contributed by atoms with Crippen LogP contribution in [0.1, 0.15) is 39.0 Å². The topological polar surface area (TPSA) is 57.6 Å². The van der Waals surface area contributed by atoms with Gasteiger partial charge in [0, 0.05) is 12.2 Å². The number of nitrogens with zero attached hydrogens (tertiary/aromatic N) is 1. The highest BCUT2D eigenvalue weighted by Gasteiger charge is 2.41. The molecule has 0 aliphatic carbocycles. The molecule has 2 atom stereocenters. The first-order chi connectivity index (χ1) is 9.63. The van der Waals surface area contributed by atoms with E-state index >= 15 is 0 Å². The van der Waals surface area contributed by atoms with E-state index in [1.165, 1.54) is 0 Å². The quantitative estimate of drug-likeness (QED) is 0.845. The van der Waals surface area contributed by atoms with E-state index in [0.717, 1.165) is 37.2 Å². The highest BCUT2D eigenvalue weighted by molar-refractivity contribution is 8.00. The average Bonchev–Trinajstić information content (AvgIpc) is 2.84. The second-order valence-electron chi connectivity index (χ2n) is 5.49. The Labute approximate surface area is 129 Å². The molecule has 2 aliphatic rings. The van der Waals surface area contributed by atoms with Crippen molar-refractivity contribution in [1.29, 1.82) is 0 Å². The molecule has 0 bridgehead atoms. The van der Waals surface area contributed by atoms with E-state index in [1.54, 1.807) is 16.7 Å². The second kappa shape index (κ2) is 7.59. The summed E-state index contributed by atoms with van der Waals surface area (Å²) in [5, 5.41) is 9.38. The molecule has 0 radical (unpaired) electrons. The largest absolute Gasteiger partial charge is 0.480 e. The van der Waals surface area contributed by atoms with Gasteiger partial charge in [-0.3, -0.25) is 4.79 Å². The standard InChI is InChI=1S/C14H23NO3S2/c1-2-3-13-15(11(9-20-13)14(17)18)12(16)8-10-4-6-19-7-5-10/h10-11,13H,2-9H2,1H3,(H,17,18). The fraction of sp³-hybridized carbons (Fsp3) is 0.857. The molecule has 1 amide bonds. The normalized spacial score (nSPS) is 27.8. The fourth-order valence-corrected chi connectivity index (χ4v) is 5.60. The maximum absolute atomic E-state index is 12.6. The number of aliphatic carboxylic acids is 1. The van der Waals surface area contributed by atoms with Crippen LogP contribution in [0.15, 0.2) is 0 Å². The molecule has 2 fully saturated rings. The van der Waals surface area contributed by atoms with Crippen molar-refractivity contribution in [2.45, 2.75) is 50.4 Å². The summed E-state index contributed by atoms with van der Waals surface area (Å²) < 4.78 is 0. The first kappa shape index (κ1) is 16.0. The zero-order valence-corrected chi connectivity index (χ0v) is 13.5. The van der Waals surface area contributed by atoms with Gasteiger partial charge in [-0.2, -0.15) is 11.8 Å². The summed E-state index contributed by atoms with van der Waals surface area (Å²) in [5.41, 5.74) is 0. The molecular formula is C14H23NO3S2. The SMILES string of the molecule is CCCC1SCC(C(=O)O)N1C(=O)CC1CCSCC1. The van der Waals surface area contributed by atoms with E-state index in [2.05, 4.69) is 6.92 Å². The summed E-state index contributed by atoms with van der Waals surface area (Å²) in [6.07, 6.45) is 4.58. The number of carbonyl (C=O) groups is 2. The average molecular weight is 317 g/mol. The fourth-order valence-electron chi connectivity index (χ4n) is 2.86. The molecular weight excluding hydrogens is 294 g/mol. The molecule has 6 heteroatoms. The van der Waals surface area contributed by atoms with Crippen LogP contribution in [0, 0.1) is 5.92 Å². The third-order valence-corrected chi connectivity index (χ3v) is 6.41. The predicted octanol–water partition coefficient (Wildman–Crippen LogP) is 2.67. The van der Waals surface area contributed by atoms with Gasteiger partial charge in [-0.25, -0.2) is 4.79 Å². The maximum atomic E-state index is 12.6. The Kier molecular flexibility index (Phi) is 6.08. The van der Waals surface area contributed by atoms with Crippen molar-refractivity contribution in [1.82, 2.24) is 4.90 Å². The molecule has 1 N–H and O–H groups in total. The molecule has 2 heterocycles. The van der Waals surface area contributed by atoms with E-state index in [4.69, 9.17) is 0 Å². The summed E-state index contributed by atoms with van der Waals surface area (Å²) in [6, 6.07) is -0.623. The van der Waals surface area contributed by atoms with E-state index in [-0.39, 0.29) is 11.3 Å². The minimum atomic E-state index is -0.858. The summed E-state index contributed by atoms with van der Waals surface area (Å²) in [6.45, 7) is 2.08. The zero-order valence-electron chi connectivity index (χ0n) is 11.9. The number of hydrogen-bond acceptors (Lipinski definition) is 4. The number of amides is 1. The van der Waals surface area contributed by atoms with Gasteiger partial charge >= 0.3 is 5.97 Å². The Morgan fingerprint density at radius 2 is 2.00 bits per heavy atom. The van der Waals surface area contributed by atoms with Crippen LogP contribution < -0.4 is 0 Å². The molecule has 2 saturated heterocycles. The Balaban J connectivity index is 2.00. The molecule has 0 saturated carbocycles. The van der Waals surface area contributed by atoms with Crippen LogP contribution in [0.25, 0.3) is 0 Å². The van der Waals surface area contributed by atoms with Gasteiger partial charge in [0.15, 0.2) is 0 Å². The highest BCUT2D eigenvalue weighted by Crippen LogP contribution is 2.34.